The van der Waals surface area contributed by atoms with Crippen LogP contribution in [0.2, 0.25) is 0 Å². The Hall–Kier alpha value is -1.36. The molecule has 14 heavy (non-hydrogen) atoms. The molecule has 5 heteroatoms. The first-order valence-electron chi connectivity index (χ1n) is 4.56. The summed E-state index contributed by atoms with van der Waals surface area (Å²) in [6.45, 7) is 4.23. The van der Waals surface area contributed by atoms with Gasteiger partial charge in [-0.05, 0) is 19.9 Å². The molecule has 0 fully saturated rings. The van der Waals surface area contributed by atoms with Crippen molar-refractivity contribution in [2.45, 2.75) is 32.5 Å². The van der Waals surface area contributed by atoms with Crippen LogP contribution < -0.4 is 5.32 Å². The van der Waals surface area contributed by atoms with E-state index >= 15 is 0 Å². The molecule has 0 aliphatic carbocycles. The molecular formula is C9H15N3O2. The molecule has 0 spiro atoms. The number of aliphatic carboxylic acids is 1. The van der Waals surface area contributed by atoms with Crippen molar-refractivity contribution in [3.8, 4) is 0 Å². The summed E-state index contributed by atoms with van der Waals surface area (Å²) in [6, 6.07) is 1.40. The van der Waals surface area contributed by atoms with Gasteiger partial charge in [0.25, 0.3) is 0 Å². The summed E-state index contributed by atoms with van der Waals surface area (Å²) in [5, 5.41) is 15.7. The molecule has 5 nitrogen and oxygen atoms in total. The normalized spacial score (nSPS) is 15.0. The Morgan fingerprint density at radius 2 is 2.36 bits per heavy atom. The number of carbonyl (C=O) groups is 1. The van der Waals surface area contributed by atoms with E-state index in [-0.39, 0.29) is 6.04 Å². The van der Waals surface area contributed by atoms with Gasteiger partial charge >= 0.3 is 5.97 Å². The van der Waals surface area contributed by atoms with Gasteiger partial charge in [-0.2, -0.15) is 5.10 Å². The molecule has 1 aromatic heterocycles. The summed E-state index contributed by atoms with van der Waals surface area (Å²) in [4.78, 5) is 10.6. The molecule has 1 rings (SSSR count). The van der Waals surface area contributed by atoms with Crippen molar-refractivity contribution >= 4 is 5.97 Å². The summed E-state index contributed by atoms with van der Waals surface area (Å²) in [6.07, 6.45) is 3.55. The van der Waals surface area contributed by atoms with Gasteiger partial charge in [-0.25, -0.2) is 0 Å². The first-order valence-corrected chi connectivity index (χ1v) is 4.56. The predicted octanol–water partition coefficient (Wildman–Crippen LogP) is 0.334. The standard InChI is InChI=1S/C9H15N3O2/c1-7(11-8(2)9(13)14)6-12-5-3-4-10-12/h3-5,7-8,11H,6H2,1-2H3,(H,13,14). The smallest absolute Gasteiger partial charge is 0.320 e. The highest BCUT2D eigenvalue weighted by Gasteiger charge is 2.13. The van der Waals surface area contributed by atoms with Gasteiger partial charge in [0.05, 0.1) is 6.54 Å². The van der Waals surface area contributed by atoms with E-state index < -0.39 is 12.0 Å². The van der Waals surface area contributed by atoms with E-state index in [1.807, 2.05) is 19.2 Å². The summed E-state index contributed by atoms with van der Waals surface area (Å²) in [7, 11) is 0. The van der Waals surface area contributed by atoms with Crippen LogP contribution in [0.25, 0.3) is 0 Å². The summed E-state index contributed by atoms with van der Waals surface area (Å²) in [5.74, 6) is -0.836. The fourth-order valence-electron chi connectivity index (χ4n) is 1.24. The maximum Gasteiger partial charge on any atom is 0.320 e. The van der Waals surface area contributed by atoms with Crippen molar-refractivity contribution < 1.29 is 9.90 Å². The molecule has 0 aromatic carbocycles. The molecule has 0 aliphatic rings. The molecule has 78 valence electrons. The van der Waals surface area contributed by atoms with E-state index in [0.717, 1.165) is 0 Å². The van der Waals surface area contributed by atoms with Crippen LogP contribution in [-0.2, 0) is 11.3 Å². The minimum atomic E-state index is -0.836. The zero-order valence-corrected chi connectivity index (χ0v) is 8.34. The van der Waals surface area contributed by atoms with Crippen LogP contribution >= 0.6 is 0 Å². The van der Waals surface area contributed by atoms with E-state index in [1.165, 1.54) is 0 Å². The summed E-state index contributed by atoms with van der Waals surface area (Å²) >= 11 is 0. The molecule has 0 aliphatic heterocycles. The Morgan fingerprint density at radius 1 is 1.64 bits per heavy atom. The Morgan fingerprint density at radius 3 is 2.86 bits per heavy atom. The largest absolute Gasteiger partial charge is 0.480 e. The van der Waals surface area contributed by atoms with Crippen LogP contribution in [0.15, 0.2) is 18.5 Å². The molecule has 0 saturated carbocycles. The van der Waals surface area contributed by atoms with Gasteiger partial charge in [0.1, 0.15) is 6.04 Å². The van der Waals surface area contributed by atoms with Gasteiger partial charge in [0.15, 0.2) is 0 Å². The number of nitrogens with zero attached hydrogens (tertiary/aromatic N) is 2. The molecule has 2 atom stereocenters. The molecule has 1 aromatic rings. The fourth-order valence-corrected chi connectivity index (χ4v) is 1.24. The Kier molecular flexibility index (Phi) is 3.64. The molecular weight excluding hydrogens is 182 g/mol. The highest BCUT2D eigenvalue weighted by molar-refractivity contribution is 5.72. The maximum absolute atomic E-state index is 10.6. The lowest BCUT2D eigenvalue weighted by Crippen LogP contribution is -2.41. The van der Waals surface area contributed by atoms with Gasteiger partial charge in [0.2, 0.25) is 0 Å². The van der Waals surface area contributed by atoms with E-state index in [2.05, 4.69) is 10.4 Å². The highest BCUT2D eigenvalue weighted by atomic mass is 16.4. The van der Waals surface area contributed by atoms with E-state index in [0.29, 0.717) is 6.54 Å². The molecule has 1 heterocycles. The molecule has 2 unspecified atom stereocenters. The van der Waals surface area contributed by atoms with Crippen molar-refractivity contribution in [1.82, 2.24) is 15.1 Å². The Labute approximate surface area is 82.7 Å². The van der Waals surface area contributed by atoms with E-state index in [9.17, 15) is 4.79 Å². The maximum atomic E-state index is 10.6. The topological polar surface area (TPSA) is 67.2 Å². The van der Waals surface area contributed by atoms with Gasteiger partial charge in [-0.1, -0.05) is 0 Å². The average molecular weight is 197 g/mol. The van der Waals surface area contributed by atoms with Gasteiger partial charge in [-0.3, -0.25) is 9.48 Å². The first kappa shape index (κ1) is 10.7. The SMILES string of the molecule is CC(Cn1cccn1)NC(C)C(=O)O. The highest BCUT2D eigenvalue weighted by Crippen LogP contribution is 1.93. The first-order chi connectivity index (χ1) is 6.59. The zero-order chi connectivity index (χ0) is 10.6. The number of hydrogen-bond donors (Lipinski definition) is 2. The van der Waals surface area contributed by atoms with Crippen molar-refractivity contribution in [1.29, 1.82) is 0 Å². The van der Waals surface area contributed by atoms with Crippen molar-refractivity contribution in [2.24, 2.45) is 0 Å². The molecule has 2 N–H and O–H groups in total. The second-order valence-electron chi connectivity index (χ2n) is 3.36. The Bertz CT molecular complexity index is 284. The van der Waals surface area contributed by atoms with Gasteiger partial charge in [-0.15, -0.1) is 0 Å². The quantitative estimate of drug-likeness (QED) is 0.714. The number of aromatic nitrogens is 2. The lowest BCUT2D eigenvalue weighted by molar-refractivity contribution is -0.139. The molecule has 0 bridgehead atoms. The monoisotopic (exact) mass is 197 g/mol. The van der Waals surface area contributed by atoms with Crippen molar-refractivity contribution in [3.63, 3.8) is 0 Å². The van der Waals surface area contributed by atoms with Crippen LogP contribution in [0.5, 0.6) is 0 Å². The van der Waals surface area contributed by atoms with Crippen molar-refractivity contribution in [2.75, 3.05) is 0 Å². The van der Waals surface area contributed by atoms with Crippen LogP contribution in [-0.4, -0.2) is 32.9 Å². The van der Waals surface area contributed by atoms with Crippen LogP contribution in [0.3, 0.4) is 0 Å². The number of rotatable bonds is 5. The Balaban J connectivity index is 2.36. The van der Waals surface area contributed by atoms with E-state index in [4.69, 9.17) is 5.11 Å². The van der Waals surface area contributed by atoms with Gasteiger partial charge < -0.3 is 10.4 Å². The molecule has 0 radical (unpaired) electrons. The lowest BCUT2D eigenvalue weighted by atomic mass is 10.2. The zero-order valence-electron chi connectivity index (χ0n) is 8.34. The third-order valence-corrected chi connectivity index (χ3v) is 1.93. The number of carboxylic acid groups (broad SMARTS) is 1. The summed E-state index contributed by atoms with van der Waals surface area (Å²) < 4.78 is 1.77. The van der Waals surface area contributed by atoms with Crippen LogP contribution in [0.4, 0.5) is 0 Å². The van der Waals surface area contributed by atoms with Crippen LogP contribution in [0, 0.1) is 0 Å². The molecule has 0 amide bonds. The lowest BCUT2D eigenvalue weighted by Gasteiger charge is -2.16. The summed E-state index contributed by atoms with van der Waals surface area (Å²) in [5.41, 5.74) is 0. The number of hydrogen-bond acceptors (Lipinski definition) is 3. The second kappa shape index (κ2) is 4.76. The number of nitrogens with one attached hydrogen (secondary N) is 1. The van der Waals surface area contributed by atoms with Crippen LogP contribution in [0.1, 0.15) is 13.8 Å². The minimum Gasteiger partial charge on any atom is -0.480 e. The molecule has 0 saturated heterocycles. The van der Waals surface area contributed by atoms with E-state index in [1.54, 1.807) is 17.8 Å². The fraction of sp³-hybridized carbons (Fsp3) is 0.556. The third kappa shape index (κ3) is 3.18. The predicted molar refractivity (Wildman–Crippen MR) is 51.9 cm³/mol. The number of carboxylic acids is 1. The third-order valence-electron chi connectivity index (χ3n) is 1.93. The van der Waals surface area contributed by atoms with Crippen molar-refractivity contribution in [3.05, 3.63) is 18.5 Å². The second-order valence-corrected chi connectivity index (χ2v) is 3.36. The minimum absolute atomic E-state index is 0.0843. The van der Waals surface area contributed by atoms with Gasteiger partial charge in [0, 0.05) is 18.4 Å². The average Bonchev–Trinajstić information content (AvgIpc) is 2.56.